The molecule has 6 heteroatoms. The van der Waals surface area contributed by atoms with E-state index < -0.39 is 0 Å². The summed E-state index contributed by atoms with van der Waals surface area (Å²) in [6.45, 7) is 18.4. The quantitative estimate of drug-likeness (QED) is 0.209. The molecule has 1 aromatic rings. The first-order chi connectivity index (χ1) is 17.0. The molecule has 1 saturated heterocycles. The van der Waals surface area contributed by atoms with E-state index in [0.717, 1.165) is 64.7 Å². The Balaban J connectivity index is 1.92. The molecule has 0 radical (unpaired) electrons. The van der Waals surface area contributed by atoms with Crippen LogP contribution in [-0.4, -0.2) is 91.7 Å². The van der Waals surface area contributed by atoms with E-state index >= 15 is 0 Å². The third-order valence-electron chi connectivity index (χ3n) is 6.28. The molecule has 0 atom stereocenters. The lowest BCUT2D eigenvalue weighted by Crippen LogP contribution is -2.48. The minimum atomic E-state index is 0.701. The highest BCUT2D eigenvalue weighted by Gasteiger charge is 2.20. The van der Waals surface area contributed by atoms with Gasteiger partial charge in [0, 0.05) is 59.4 Å². The van der Waals surface area contributed by atoms with Gasteiger partial charge in [-0.15, -0.1) is 6.42 Å². The summed E-state index contributed by atoms with van der Waals surface area (Å²) < 4.78 is 0. The molecule has 0 unspecified atom stereocenters. The van der Waals surface area contributed by atoms with Crippen molar-refractivity contribution in [2.45, 2.75) is 27.3 Å². The van der Waals surface area contributed by atoms with Crippen molar-refractivity contribution < 1.29 is 0 Å². The molecule has 1 heterocycles. The molecule has 0 N–H and O–H groups in total. The number of hydrogen-bond donors (Lipinski definition) is 0. The molecule has 0 aromatic heterocycles. The first-order valence-corrected chi connectivity index (χ1v) is 12.5. The van der Waals surface area contributed by atoms with Gasteiger partial charge in [0.2, 0.25) is 5.96 Å². The van der Waals surface area contributed by atoms with Crippen molar-refractivity contribution in [3.05, 3.63) is 71.6 Å². The van der Waals surface area contributed by atoms with Gasteiger partial charge in [-0.1, -0.05) is 49.3 Å². The van der Waals surface area contributed by atoms with E-state index in [1.807, 2.05) is 26.0 Å². The first-order valence-electron chi connectivity index (χ1n) is 12.5. The Morgan fingerprint density at radius 3 is 2.40 bits per heavy atom. The van der Waals surface area contributed by atoms with E-state index in [1.54, 1.807) is 6.08 Å². The van der Waals surface area contributed by atoms with Crippen LogP contribution in [0.5, 0.6) is 0 Å². The topological polar surface area (TPSA) is 37.7 Å². The molecule has 2 rings (SSSR count). The molecule has 0 saturated carbocycles. The minimum absolute atomic E-state index is 0.701. The van der Waals surface area contributed by atoms with Crippen LogP contribution >= 0.6 is 0 Å². The Hall–Kier alpha value is -3.14. The Kier molecular flexibility index (Phi) is 12.6. The van der Waals surface area contributed by atoms with Crippen molar-refractivity contribution >= 4 is 12.7 Å². The second-order valence-electron chi connectivity index (χ2n) is 8.62. The van der Waals surface area contributed by atoms with Crippen molar-refractivity contribution in [1.82, 2.24) is 19.6 Å². The smallest absolute Gasteiger partial charge is 0.226 e. The van der Waals surface area contributed by atoms with Gasteiger partial charge in [0.15, 0.2) is 0 Å². The Morgan fingerprint density at radius 2 is 1.83 bits per heavy atom. The lowest BCUT2D eigenvalue weighted by Gasteiger charge is -2.35. The van der Waals surface area contributed by atoms with Gasteiger partial charge in [-0.2, -0.15) is 4.99 Å². The Morgan fingerprint density at radius 1 is 1.11 bits per heavy atom. The van der Waals surface area contributed by atoms with Gasteiger partial charge in [-0.05, 0) is 56.5 Å². The predicted molar refractivity (Wildman–Crippen MR) is 151 cm³/mol. The number of terminal acetylenes is 1. The monoisotopic (exact) mass is 474 g/mol. The number of hydrogen-bond acceptors (Lipinski definition) is 4. The van der Waals surface area contributed by atoms with Crippen molar-refractivity contribution in [1.29, 1.82) is 0 Å². The molecule has 35 heavy (non-hydrogen) atoms. The van der Waals surface area contributed by atoms with E-state index in [-0.39, 0.29) is 0 Å². The number of nitrogens with zero attached hydrogens (tertiary/aromatic N) is 6. The van der Waals surface area contributed by atoms with Crippen LogP contribution in [0.4, 0.5) is 0 Å². The second-order valence-corrected chi connectivity index (χ2v) is 8.62. The summed E-state index contributed by atoms with van der Waals surface area (Å²) in [5.41, 5.74) is 2.57. The van der Waals surface area contributed by atoms with Gasteiger partial charge in [0.1, 0.15) is 5.82 Å². The molecule has 1 aliphatic rings. The van der Waals surface area contributed by atoms with E-state index in [1.165, 1.54) is 11.1 Å². The number of likely N-dealkylation sites (N-methyl/N-ethyl adjacent to an activating group) is 2. The molecular formula is C29H42N6. The average Bonchev–Trinajstić information content (AvgIpc) is 2.90. The molecule has 0 amide bonds. The molecule has 1 aliphatic heterocycles. The third-order valence-corrected chi connectivity index (χ3v) is 6.28. The maximum atomic E-state index is 5.36. The van der Waals surface area contributed by atoms with Crippen molar-refractivity contribution in [2.75, 3.05) is 59.4 Å². The van der Waals surface area contributed by atoms with Gasteiger partial charge in [-0.3, -0.25) is 9.80 Å². The van der Waals surface area contributed by atoms with Gasteiger partial charge >= 0.3 is 0 Å². The number of benzene rings is 1. The normalized spacial score (nSPS) is 16.1. The van der Waals surface area contributed by atoms with E-state index in [4.69, 9.17) is 11.4 Å². The van der Waals surface area contributed by atoms with Crippen LogP contribution in [0, 0.1) is 12.3 Å². The maximum absolute atomic E-state index is 5.36. The lowest BCUT2D eigenvalue weighted by atomic mass is 10.2. The van der Waals surface area contributed by atoms with Crippen molar-refractivity contribution in [2.24, 2.45) is 9.98 Å². The number of aliphatic imine (C=N–C) groups is 2. The summed E-state index contributed by atoms with van der Waals surface area (Å²) in [4.78, 5) is 18.5. The van der Waals surface area contributed by atoms with Crippen LogP contribution in [0.25, 0.3) is 0 Å². The van der Waals surface area contributed by atoms with Crippen LogP contribution in [0.15, 0.2) is 76.0 Å². The lowest BCUT2D eigenvalue weighted by molar-refractivity contribution is 0.174. The van der Waals surface area contributed by atoms with E-state index in [2.05, 4.69) is 87.6 Å². The molecule has 6 nitrogen and oxygen atoms in total. The zero-order chi connectivity index (χ0) is 25.5. The zero-order valence-corrected chi connectivity index (χ0v) is 22.0. The van der Waals surface area contributed by atoms with Crippen LogP contribution in [0.2, 0.25) is 0 Å². The summed E-state index contributed by atoms with van der Waals surface area (Å²) in [6.07, 6.45) is 13.3. The molecule has 0 aliphatic carbocycles. The maximum Gasteiger partial charge on any atom is 0.226 e. The van der Waals surface area contributed by atoms with Gasteiger partial charge < -0.3 is 9.80 Å². The fourth-order valence-corrected chi connectivity index (χ4v) is 4.03. The van der Waals surface area contributed by atoms with Crippen LogP contribution < -0.4 is 0 Å². The highest BCUT2D eigenvalue weighted by molar-refractivity contribution is 5.85. The third kappa shape index (κ3) is 9.56. The van der Waals surface area contributed by atoms with Crippen LogP contribution in [-0.2, 0) is 6.54 Å². The number of allylic oxidation sites excluding steroid dienone is 3. The molecule has 0 spiro atoms. The van der Waals surface area contributed by atoms with Gasteiger partial charge in [0.05, 0.1) is 0 Å². The van der Waals surface area contributed by atoms with Gasteiger partial charge in [0.25, 0.3) is 0 Å². The summed E-state index contributed by atoms with van der Waals surface area (Å²) in [5.74, 6) is 4.18. The minimum Gasteiger partial charge on any atom is -0.359 e. The number of piperazine rings is 1. The van der Waals surface area contributed by atoms with E-state index in [9.17, 15) is 0 Å². The fourth-order valence-electron chi connectivity index (χ4n) is 4.03. The second kappa shape index (κ2) is 15.7. The Labute approximate surface area is 213 Å². The van der Waals surface area contributed by atoms with Crippen LogP contribution in [0.1, 0.15) is 26.3 Å². The molecular weight excluding hydrogens is 432 g/mol. The molecule has 0 bridgehead atoms. The molecule has 1 aromatic carbocycles. The van der Waals surface area contributed by atoms with Crippen molar-refractivity contribution in [3.8, 4) is 12.3 Å². The van der Waals surface area contributed by atoms with Crippen LogP contribution in [0.3, 0.4) is 0 Å². The largest absolute Gasteiger partial charge is 0.359 e. The number of guanidine groups is 1. The van der Waals surface area contributed by atoms with E-state index in [0.29, 0.717) is 5.96 Å². The standard InChI is InChI=1S/C29H42N6/c1-7-11-15-26(8-2)24-33(10-4)19-18-32(6)28(9-3)31-29(30-5)35-22-20-34(21-23-35)25-27-16-13-12-14-17-27/h1,8-9,11-17H,5,10,18-25H2,2-4,6H3/b15-11-,26-8+,28-9+,31-29+. The SMILES string of the molecule is C#C/C=C\C(=C/C)CN(CC)CCN(C)C(=C/C)/N=C(\N=C)N1CCN(Cc2ccccc2)CC1. The molecule has 188 valence electrons. The summed E-state index contributed by atoms with van der Waals surface area (Å²) >= 11 is 0. The van der Waals surface area contributed by atoms with Crippen molar-refractivity contribution in [3.63, 3.8) is 0 Å². The predicted octanol–water partition coefficient (Wildman–Crippen LogP) is 4.11. The summed E-state index contributed by atoms with van der Waals surface area (Å²) in [6, 6.07) is 10.6. The average molecular weight is 475 g/mol. The summed E-state index contributed by atoms with van der Waals surface area (Å²) in [5, 5.41) is 0. The highest BCUT2D eigenvalue weighted by atomic mass is 15.4. The number of rotatable bonds is 11. The van der Waals surface area contributed by atoms with Gasteiger partial charge in [-0.25, -0.2) is 4.99 Å². The first kappa shape index (κ1) is 28.1. The highest BCUT2D eigenvalue weighted by Crippen LogP contribution is 2.12. The fraction of sp³-hybridized carbons (Fsp3) is 0.448. The molecule has 1 fully saturated rings. The summed E-state index contributed by atoms with van der Waals surface area (Å²) in [7, 11) is 2.08. The zero-order valence-electron chi connectivity index (χ0n) is 22.0. The Bertz CT molecular complexity index is 930.